The second-order valence-corrected chi connectivity index (χ2v) is 7.79. The molecule has 1 heterocycles. The number of benzene rings is 2. The van der Waals surface area contributed by atoms with E-state index in [1.807, 2.05) is 47.6 Å². The van der Waals surface area contributed by atoms with Crippen LogP contribution in [0, 0.1) is 0 Å². The summed E-state index contributed by atoms with van der Waals surface area (Å²) in [5, 5.41) is 0.621. The zero-order chi connectivity index (χ0) is 20.1. The Balaban J connectivity index is 1.73. The molecule has 0 spiro atoms. The molecule has 1 fully saturated rings. The molecule has 148 valence electrons. The van der Waals surface area contributed by atoms with Gasteiger partial charge in [0.1, 0.15) is 6.04 Å². The van der Waals surface area contributed by atoms with Gasteiger partial charge < -0.3 is 9.64 Å². The molecule has 1 aliphatic heterocycles. The van der Waals surface area contributed by atoms with Gasteiger partial charge in [0, 0.05) is 36.1 Å². The number of carbonyl (C=O) groups is 2. The summed E-state index contributed by atoms with van der Waals surface area (Å²) in [5.74, 6) is -0.277. The first-order valence-corrected chi connectivity index (χ1v) is 10.6. The Labute approximate surface area is 174 Å². The molecule has 3 rings (SSSR count). The monoisotopic (exact) mass is 418 g/mol. The van der Waals surface area contributed by atoms with Gasteiger partial charge in [-0.25, -0.2) is 4.79 Å². The molecule has 5 nitrogen and oxygen atoms in total. The molecule has 0 aliphatic carbocycles. The van der Waals surface area contributed by atoms with Crippen molar-refractivity contribution in [3.63, 3.8) is 0 Å². The number of nitrogens with zero attached hydrogens (tertiary/aromatic N) is 2. The molecule has 0 unspecified atom stereocenters. The highest BCUT2D eigenvalue weighted by Gasteiger charge is 2.32. The lowest BCUT2D eigenvalue weighted by Gasteiger charge is -2.38. The van der Waals surface area contributed by atoms with Gasteiger partial charge in [-0.1, -0.05) is 35.9 Å². The molecule has 1 saturated heterocycles. The normalized spacial score (nSPS) is 15.9. The molecule has 0 bridgehead atoms. The van der Waals surface area contributed by atoms with E-state index in [1.54, 1.807) is 23.9 Å². The highest BCUT2D eigenvalue weighted by molar-refractivity contribution is 7.98. The third-order valence-corrected chi connectivity index (χ3v) is 5.96. The number of ether oxygens (including phenoxy) is 1. The molecule has 28 heavy (non-hydrogen) atoms. The number of hydrogen-bond donors (Lipinski definition) is 0. The van der Waals surface area contributed by atoms with E-state index in [-0.39, 0.29) is 11.9 Å². The molecule has 1 aliphatic rings. The summed E-state index contributed by atoms with van der Waals surface area (Å²) in [4.78, 5) is 30.3. The Kier molecular flexibility index (Phi) is 6.99. The zero-order valence-electron chi connectivity index (χ0n) is 15.9. The Morgan fingerprint density at radius 2 is 1.68 bits per heavy atom. The van der Waals surface area contributed by atoms with Crippen molar-refractivity contribution in [2.24, 2.45) is 0 Å². The highest BCUT2D eigenvalue weighted by Crippen LogP contribution is 2.26. The minimum absolute atomic E-state index is 0.0331. The van der Waals surface area contributed by atoms with E-state index in [0.717, 1.165) is 16.0 Å². The number of rotatable bonds is 5. The first-order valence-electron chi connectivity index (χ1n) is 9.04. The minimum Gasteiger partial charge on any atom is -0.468 e. The fraction of sp³-hybridized carbons (Fsp3) is 0.333. The lowest BCUT2D eigenvalue weighted by atomic mass is 10.0. The van der Waals surface area contributed by atoms with Gasteiger partial charge in [-0.15, -0.1) is 11.8 Å². The van der Waals surface area contributed by atoms with Crippen LogP contribution in [0.2, 0.25) is 5.02 Å². The van der Waals surface area contributed by atoms with Crippen LogP contribution in [0.3, 0.4) is 0 Å². The first-order chi connectivity index (χ1) is 13.5. The third-order valence-electron chi connectivity index (χ3n) is 4.91. The van der Waals surface area contributed by atoms with Gasteiger partial charge >= 0.3 is 5.97 Å². The van der Waals surface area contributed by atoms with E-state index in [4.69, 9.17) is 16.3 Å². The molecule has 7 heteroatoms. The Morgan fingerprint density at radius 3 is 2.29 bits per heavy atom. The van der Waals surface area contributed by atoms with Crippen LogP contribution in [0.5, 0.6) is 0 Å². The quantitative estimate of drug-likeness (QED) is 0.547. The Morgan fingerprint density at radius 1 is 1.04 bits per heavy atom. The van der Waals surface area contributed by atoms with Crippen LogP contribution in [-0.4, -0.2) is 61.2 Å². The van der Waals surface area contributed by atoms with Gasteiger partial charge in [-0.2, -0.15) is 0 Å². The molecule has 0 aromatic heterocycles. The van der Waals surface area contributed by atoms with Crippen molar-refractivity contribution in [2.75, 3.05) is 39.5 Å². The number of halogens is 1. The predicted octanol–water partition coefficient (Wildman–Crippen LogP) is 3.73. The summed E-state index contributed by atoms with van der Waals surface area (Å²) in [6, 6.07) is 14.4. The van der Waals surface area contributed by atoms with Crippen LogP contribution in [0.1, 0.15) is 22.0 Å². The Hall–Kier alpha value is -2.02. The molecule has 1 atom stereocenters. The summed E-state index contributed by atoms with van der Waals surface area (Å²) in [7, 11) is 1.39. The van der Waals surface area contributed by atoms with Crippen LogP contribution >= 0.6 is 23.4 Å². The van der Waals surface area contributed by atoms with Crippen LogP contribution in [0.4, 0.5) is 0 Å². The van der Waals surface area contributed by atoms with Crippen molar-refractivity contribution in [1.29, 1.82) is 0 Å². The topological polar surface area (TPSA) is 49.9 Å². The summed E-state index contributed by atoms with van der Waals surface area (Å²) in [5.41, 5.74) is 1.56. The van der Waals surface area contributed by atoms with Gasteiger partial charge in [0.2, 0.25) is 0 Å². The predicted molar refractivity (Wildman–Crippen MR) is 112 cm³/mol. The summed E-state index contributed by atoms with van der Waals surface area (Å²) in [6.07, 6.45) is 1.97. The van der Waals surface area contributed by atoms with Gasteiger partial charge in [-0.3, -0.25) is 9.69 Å². The molecule has 0 N–H and O–H groups in total. The number of piperazine rings is 1. The SMILES string of the molecule is COC(=O)[C@H](c1ccc(Cl)cc1)N1CCN(C(=O)c2ccccc2SC)CC1. The van der Waals surface area contributed by atoms with E-state index in [0.29, 0.717) is 31.2 Å². The highest BCUT2D eigenvalue weighted by atomic mass is 35.5. The number of esters is 1. The molecule has 1 amide bonds. The molecular formula is C21H23ClN2O3S. The fourth-order valence-electron chi connectivity index (χ4n) is 3.43. The molecule has 0 radical (unpaired) electrons. The molecular weight excluding hydrogens is 396 g/mol. The van der Waals surface area contributed by atoms with E-state index in [9.17, 15) is 9.59 Å². The number of methoxy groups -OCH3 is 1. The fourth-order valence-corrected chi connectivity index (χ4v) is 4.14. The maximum absolute atomic E-state index is 12.9. The number of carbonyl (C=O) groups excluding carboxylic acids is 2. The Bertz CT molecular complexity index is 836. The summed E-state index contributed by atoms with van der Waals surface area (Å²) in [6.45, 7) is 2.30. The summed E-state index contributed by atoms with van der Waals surface area (Å²) < 4.78 is 5.03. The molecule has 2 aromatic rings. The second-order valence-electron chi connectivity index (χ2n) is 6.51. The van der Waals surface area contributed by atoms with Crippen LogP contribution in [0.15, 0.2) is 53.4 Å². The zero-order valence-corrected chi connectivity index (χ0v) is 17.5. The van der Waals surface area contributed by atoms with Crippen molar-refractivity contribution >= 4 is 35.2 Å². The van der Waals surface area contributed by atoms with Gasteiger partial charge in [0.25, 0.3) is 5.91 Å². The second kappa shape index (κ2) is 9.45. The van der Waals surface area contributed by atoms with Crippen molar-refractivity contribution in [2.45, 2.75) is 10.9 Å². The number of thioether (sulfide) groups is 1. The van der Waals surface area contributed by atoms with Gasteiger partial charge in [-0.05, 0) is 36.1 Å². The largest absolute Gasteiger partial charge is 0.468 e. The number of amides is 1. The average molecular weight is 419 g/mol. The average Bonchev–Trinajstić information content (AvgIpc) is 2.75. The van der Waals surface area contributed by atoms with E-state index < -0.39 is 6.04 Å². The van der Waals surface area contributed by atoms with Gasteiger partial charge in [0.05, 0.1) is 12.7 Å². The van der Waals surface area contributed by atoms with E-state index in [2.05, 4.69) is 4.90 Å². The van der Waals surface area contributed by atoms with Crippen molar-refractivity contribution in [1.82, 2.24) is 9.80 Å². The van der Waals surface area contributed by atoms with Crippen LogP contribution < -0.4 is 0 Å². The lowest BCUT2D eigenvalue weighted by Crippen LogP contribution is -2.51. The van der Waals surface area contributed by atoms with Gasteiger partial charge in [0.15, 0.2) is 0 Å². The smallest absolute Gasteiger partial charge is 0.327 e. The maximum Gasteiger partial charge on any atom is 0.327 e. The number of hydrogen-bond acceptors (Lipinski definition) is 5. The van der Waals surface area contributed by atoms with Crippen LogP contribution in [0.25, 0.3) is 0 Å². The van der Waals surface area contributed by atoms with E-state index in [1.165, 1.54) is 7.11 Å². The van der Waals surface area contributed by atoms with Crippen molar-refractivity contribution < 1.29 is 14.3 Å². The minimum atomic E-state index is -0.502. The van der Waals surface area contributed by atoms with Crippen molar-refractivity contribution in [3.8, 4) is 0 Å². The molecule has 0 saturated carbocycles. The van der Waals surface area contributed by atoms with E-state index >= 15 is 0 Å². The maximum atomic E-state index is 12.9. The van der Waals surface area contributed by atoms with Crippen molar-refractivity contribution in [3.05, 3.63) is 64.7 Å². The third kappa shape index (κ3) is 4.51. The standard InChI is InChI=1S/C21H23ClN2O3S/c1-27-21(26)19(15-7-9-16(22)10-8-15)23-11-13-24(14-12-23)20(25)17-5-3-4-6-18(17)28-2/h3-10,19H,11-14H2,1-2H3/t19-/m0/s1. The van der Waals surface area contributed by atoms with Crippen LogP contribution in [-0.2, 0) is 9.53 Å². The molecule has 2 aromatic carbocycles. The lowest BCUT2D eigenvalue weighted by molar-refractivity contribution is -0.148. The first kappa shape index (κ1) is 20.7. The summed E-state index contributed by atoms with van der Waals surface area (Å²) >= 11 is 7.55.